The predicted octanol–water partition coefficient (Wildman–Crippen LogP) is 1.96. The first-order chi connectivity index (χ1) is 9.31. The van der Waals surface area contributed by atoms with Crippen molar-refractivity contribution in [1.82, 2.24) is 10.6 Å². The Morgan fingerprint density at radius 3 is 2.55 bits per heavy atom. The van der Waals surface area contributed by atoms with Gasteiger partial charge in [-0.15, -0.1) is 0 Å². The highest BCUT2D eigenvalue weighted by Gasteiger charge is 2.27. The molecule has 1 rings (SSSR count). The molecule has 0 aliphatic heterocycles. The van der Waals surface area contributed by atoms with E-state index in [9.17, 15) is 9.59 Å². The lowest BCUT2D eigenvalue weighted by Gasteiger charge is -2.23. The quantitative estimate of drug-likeness (QED) is 0.859. The van der Waals surface area contributed by atoms with Gasteiger partial charge in [0.2, 0.25) is 5.91 Å². The third-order valence-corrected chi connectivity index (χ3v) is 3.43. The van der Waals surface area contributed by atoms with Gasteiger partial charge in [-0.3, -0.25) is 9.59 Å². The number of rotatable bonds is 5. The fraction of sp³-hybridized carbons (Fsp3) is 0.429. The van der Waals surface area contributed by atoms with E-state index >= 15 is 0 Å². The zero-order chi connectivity index (χ0) is 15.3. The van der Waals surface area contributed by atoms with Crippen LogP contribution in [0.25, 0.3) is 0 Å². The molecule has 1 aromatic carbocycles. The van der Waals surface area contributed by atoms with E-state index in [1.54, 1.807) is 39.1 Å². The molecular formula is C14H19BrN2O3. The summed E-state index contributed by atoms with van der Waals surface area (Å²) in [6.07, 6.45) is 0. The van der Waals surface area contributed by atoms with Gasteiger partial charge in [0.1, 0.15) is 5.75 Å². The van der Waals surface area contributed by atoms with Gasteiger partial charge in [-0.2, -0.15) is 0 Å². The van der Waals surface area contributed by atoms with Crippen molar-refractivity contribution < 1.29 is 14.3 Å². The van der Waals surface area contributed by atoms with Gasteiger partial charge in [0, 0.05) is 18.1 Å². The first kappa shape index (κ1) is 16.5. The van der Waals surface area contributed by atoms with E-state index in [-0.39, 0.29) is 18.4 Å². The Labute approximate surface area is 127 Å². The molecule has 0 bridgehead atoms. The van der Waals surface area contributed by atoms with Crippen molar-refractivity contribution in [2.75, 3.05) is 20.7 Å². The maximum absolute atomic E-state index is 12.2. The second kappa shape index (κ2) is 6.74. The summed E-state index contributed by atoms with van der Waals surface area (Å²) in [5.74, 6) is 0.0847. The largest absolute Gasteiger partial charge is 0.496 e. The van der Waals surface area contributed by atoms with Gasteiger partial charge in [0.25, 0.3) is 5.91 Å². The van der Waals surface area contributed by atoms with E-state index in [0.29, 0.717) is 11.3 Å². The molecule has 0 radical (unpaired) electrons. The molecule has 0 unspecified atom stereocenters. The fourth-order valence-corrected chi connectivity index (χ4v) is 2.01. The number of hydrogen-bond donors (Lipinski definition) is 2. The lowest BCUT2D eigenvalue weighted by Crippen LogP contribution is -2.43. The molecule has 0 spiro atoms. The summed E-state index contributed by atoms with van der Waals surface area (Å²) in [7, 11) is 3.08. The Kier molecular flexibility index (Phi) is 5.56. The minimum absolute atomic E-state index is 0.124. The van der Waals surface area contributed by atoms with Crippen LogP contribution < -0.4 is 15.4 Å². The number of methoxy groups -OCH3 is 1. The number of benzene rings is 1. The summed E-state index contributed by atoms with van der Waals surface area (Å²) in [6.45, 7) is 3.78. The molecule has 0 aromatic heterocycles. The van der Waals surface area contributed by atoms with Crippen molar-refractivity contribution in [2.45, 2.75) is 13.8 Å². The van der Waals surface area contributed by atoms with Gasteiger partial charge in [-0.1, -0.05) is 15.9 Å². The average molecular weight is 343 g/mol. The third-order valence-electron chi connectivity index (χ3n) is 2.94. The van der Waals surface area contributed by atoms with E-state index in [1.807, 2.05) is 0 Å². The molecule has 0 aliphatic rings. The molecule has 20 heavy (non-hydrogen) atoms. The van der Waals surface area contributed by atoms with Crippen LogP contribution >= 0.6 is 15.9 Å². The normalized spacial score (nSPS) is 10.8. The summed E-state index contributed by atoms with van der Waals surface area (Å²) < 4.78 is 6.01. The molecule has 2 N–H and O–H groups in total. The van der Waals surface area contributed by atoms with Crippen LogP contribution in [0.4, 0.5) is 0 Å². The standard InChI is InChI=1S/C14H19BrN2O3/c1-14(2,13(19)16-3)8-17-12(18)10-6-5-9(15)7-11(10)20-4/h5-7H,8H2,1-4H3,(H,16,19)(H,17,18). The van der Waals surface area contributed by atoms with Gasteiger partial charge < -0.3 is 15.4 Å². The number of hydrogen-bond acceptors (Lipinski definition) is 3. The Hall–Kier alpha value is -1.56. The molecule has 5 nitrogen and oxygen atoms in total. The highest BCUT2D eigenvalue weighted by atomic mass is 79.9. The summed E-state index contributed by atoms with van der Waals surface area (Å²) >= 11 is 3.32. The fourth-order valence-electron chi connectivity index (χ4n) is 1.67. The van der Waals surface area contributed by atoms with Gasteiger partial charge in [-0.05, 0) is 32.0 Å². The molecular weight excluding hydrogens is 324 g/mol. The first-order valence-corrected chi connectivity index (χ1v) is 6.95. The topological polar surface area (TPSA) is 67.4 Å². The number of carbonyl (C=O) groups is 2. The zero-order valence-electron chi connectivity index (χ0n) is 12.0. The van der Waals surface area contributed by atoms with E-state index in [2.05, 4.69) is 26.6 Å². The molecule has 0 heterocycles. The van der Waals surface area contributed by atoms with Gasteiger partial charge in [0.15, 0.2) is 0 Å². The zero-order valence-corrected chi connectivity index (χ0v) is 13.6. The summed E-state index contributed by atoms with van der Waals surface area (Å²) in [4.78, 5) is 23.8. The minimum Gasteiger partial charge on any atom is -0.496 e. The molecule has 0 saturated carbocycles. The highest BCUT2D eigenvalue weighted by molar-refractivity contribution is 9.10. The van der Waals surface area contributed by atoms with Gasteiger partial charge in [0.05, 0.1) is 18.1 Å². The van der Waals surface area contributed by atoms with Crippen LogP contribution in [0.5, 0.6) is 5.75 Å². The molecule has 1 aromatic rings. The Morgan fingerprint density at radius 2 is 2.00 bits per heavy atom. The van der Waals surface area contributed by atoms with Gasteiger partial charge in [-0.25, -0.2) is 0 Å². The van der Waals surface area contributed by atoms with Crippen LogP contribution in [0.1, 0.15) is 24.2 Å². The molecule has 110 valence electrons. The van der Waals surface area contributed by atoms with E-state index in [0.717, 1.165) is 4.47 Å². The average Bonchev–Trinajstić information content (AvgIpc) is 2.43. The van der Waals surface area contributed by atoms with E-state index in [4.69, 9.17) is 4.74 Å². The monoisotopic (exact) mass is 342 g/mol. The van der Waals surface area contributed by atoms with Crippen LogP contribution in [0.3, 0.4) is 0 Å². The second-order valence-corrected chi connectivity index (χ2v) is 5.91. The minimum atomic E-state index is -0.674. The van der Waals surface area contributed by atoms with Crippen molar-refractivity contribution in [3.05, 3.63) is 28.2 Å². The number of carbonyl (C=O) groups excluding carboxylic acids is 2. The molecule has 0 atom stereocenters. The first-order valence-electron chi connectivity index (χ1n) is 6.15. The number of nitrogens with one attached hydrogen (secondary N) is 2. The number of halogens is 1. The van der Waals surface area contributed by atoms with Crippen LogP contribution in [-0.4, -0.2) is 32.5 Å². The van der Waals surface area contributed by atoms with Crippen LogP contribution in [0, 0.1) is 5.41 Å². The molecule has 0 saturated heterocycles. The van der Waals surface area contributed by atoms with Crippen LogP contribution in [0.15, 0.2) is 22.7 Å². The van der Waals surface area contributed by atoms with Crippen LogP contribution in [0.2, 0.25) is 0 Å². The van der Waals surface area contributed by atoms with Crippen molar-refractivity contribution in [3.8, 4) is 5.75 Å². The molecule has 0 fully saturated rings. The Balaban J connectivity index is 2.80. The summed E-state index contributed by atoms with van der Waals surface area (Å²) in [5, 5.41) is 5.33. The van der Waals surface area contributed by atoms with Crippen molar-refractivity contribution in [3.63, 3.8) is 0 Å². The predicted molar refractivity (Wildman–Crippen MR) is 80.9 cm³/mol. The maximum atomic E-state index is 12.2. The number of amides is 2. The van der Waals surface area contributed by atoms with Crippen LogP contribution in [-0.2, 0) is 4.79 Å². The Bertz CT molecular complexity index is 515. The smallest absolute Gasteiger partial charge is 0.255 e. The SMILES string of the molecule is CNC(=O)C(C)(C)CNC(=O)c1ccc(Br)cc1OC. The lowest BCUT2D eigenvalue weighted by molar-refractivity contribution is -0.128. The van der Waals surface area contributed by atoms with Crippen molar-refractivity contribution in [1.29, 1.82) is 0 Å². The van der Waals surface area contributed by atoms with Crippen molar-refractivity contribution >= 4 is 27.7 Å². The van der Waals surface area contributed by atoms with Gasteiger partial charge >= 0.3 is 0 Å². The number of ether oxygens (including phenoxy) is 1. The summed E-state index contributed by atoms with van der Waals surface area (Å²) in [5.41, 5.74) is -0.240. The molecule has 0 aliphatic carbocycles. The third kappa shape index (κ3) is 3.96. The summed E-state index contributed by atoms with van der Waals surface area (Å²) in [6, 6.07) is 5.16. The van der Waals surface area contributed by atoms with E-state index < -0.39 is 5.41 Å². The van der Waals surface area contributed by atoms with E-state index in [1.165, 1.54) is 7.11 Å². The highest BCUT2D eigenvalue weighted by Crippen LogP contribution is 2.23. The van der Waals surface area contributed by atoms with Crippen molar-refractivity contribution in [2.24, 2.45) is 5.41 Å². The molecule has 6 heteroatoms. The lowest BCUT2D eigenvalue weighted by atomic mass is 9.92. The Morgan fingerprint density at radius 1 is 1.35 bits per heavy atom. The maximum Gasteiger partial charge on any atom is 0.255 e. The second-order valence-electron chi connectivity index (χ2n) is 4.99. The molecule has 2 amide bonds.